The highest BCUT2D eigenvalue weighted by atomic mass is 19.4. The van der Waals surface area contributed by atoms with Crippen molar-refractivity contribution >= 4 is 0 Å². The summed E-state index contributed by atoms with van der Waals surface area (Å²) in [5.41, 5.74) is -6.22. The van der Waals surface area contributed by atoms with Crippen molar-refractivity contribution in [3.05, 3.63) is 65.5 Å². The molecule has 0 saturated heterocycles. The van der Waals surface area contributed by atoms with Gasteiger partial charge in [0.1, 0.15) is 0 Å². The van der Waals surface area contributed by atoms with Gasteiger partial charge in [-0.15, -0.1) is 0 Å². The third-order valence-electron chi connectivity index (χ3n) is 4.50. The number of benzene rings is 1. The Kier molecular flexibility index (Phi) is 5.09. The fourth-order valence-corrected chi connectivity index (χ4v) is 2.86. The van der Waals surface area contributed by atoms with E-state index >= 15 is 0 Å². The highest BCUT2D eigenvalue weighted by molar-refractivity contribution is 5.39. The van der Waals surface area contributed by atoms with Crippen molar-refractivity contribution in [1.29, 1.82) is 0 Å². The molecule has 2 aromatic rings. The molecule has 0 bridgehead atoms. The van der Waals surface area contributed by atoms with Crippen molar-refractivity contribution in [3.8, 4) is 0 Å². The fourth-order valence-electron chi connectivity index (χ4n) is 2.86. The molecule has 1 aromatic carbocycles. The number of aryl methyl sites for hydroxylation is 1. The van der Waals surface area contributed by atoms with E-state index in [1.165, 1.54) is 43.6 Å². The van der Waals surface area contributed by atoms with E-state index in [1.807, 2.05) is 0 Å². The summed E-state index contributed by atoms with van der Waals surface area (Å²) in [6.07, 6.45) is -11.6. The molecule has 0 saturated carbocycles. The van der Waals surface area contributed by atoms with Crippen molar-refractivity contribution in [2.75, 3.05) is 0 Å². The van der Waals surface area contributed by atoms with Gasteiger partial charge in [-0.1, -0.05) is 36.8 Å². The van der Waals surface area contributed by atoms with Crippen LogP contribution in [0.2, 0.25) is 0 Å². The molecule has 0 N–H and O–H groups in total. The van der Waals surface area contributed by atoms with E-state index in [0.717, 1.165) is 5.56 Å². The van der Waals surface area contributed by atoms with Crippen LogP contribution in [0.1, 0.15) is 30.0 Å². The Bertz CT molecular complexity index is 721. The van der Waals surface area contributed by atoms with Crippen LogP contribution in [0.5, 0.6) is 0 Å². The monoisotopic (exact) mass is 379 g/mol. The van der Waals surface area contributed by atoms with E-state index < -0.39 is 29.9 Å². The third-order valence-corrected chi connectivity index (χ3v) is 4.50. The molecule has 1 heterocycles. The lowest BCUT2D eigenvalue weighted by Crippen LogP contribution is -2.56. The maximum absolute atomic E-state index is 14.5. The van der Waals surface area contributed by atoms with Crippen molar-refractivity contribution in [1.82, 2.24) is 4.98 Å². The Hall–Kier alpha value is -2.12. The molecular formula is C18H16F7N. The van der Waals surface area contributed by atoms with Crippen LogP contribution in [-0.4, -0.2) is 23.0 Å². The van der Waals surface area contributed by atoms with Crippen molar-refractivity contribution in [3.63, 3.8) is 0 Å². The second-order valence-corrected chi connectivity index (χ2v) is 6.41. The van der Waals surface area contributed by atoms with Crippen molar-refractivity contribution in [2.45, 2.75) is 43.7 Å². The van der Waals surface area contributed by atoms with Gasteiger partial charge in [-0.3, -0.25) is 4.98 Å². The second kappa shape index (κ2) is 6.55. The largest absolute Gasteiger partial charge is 0.431 e. The van der Waals surface area contributed by atoms with Crippen LogP contribution in [0.3, 0.4) is 0 Å². The van der Waals surface area contributed by atoms with Crippen LogP contribution in [0.4, 0.5) is 30.7 Å². The Labute approximate surface area is 145 Å². The van der Waals surface area contributed by atoms with Crippen molar-refractivity contribution in [2.24, 2.45) is 0 Å². The summed E-state index contributed by atoms with van der Waals surface area (Å²) in [5.74, 6) is 0. The summed E-state index contributed by atoms with van der Waals surface area (Å²) in [4.78, 5) is 3.72. The van der Waals surface area contributed by atoms with Crippen LogP contribution in [0.25, 0.3) is 0 Å². The number of pyridine rings is 1. The summed E-state index contributed by atoms with van der Waals surface area (Å²) < 4.78 is 93.2. The van der Waals surface area contributed by atoms with Gasteiger partial charge in [0.2, 0.25) is 0 Å². The van der Waals surface area contributed by atoms with Gasteiger partial charge in [-0.25, -0.2) is 4.39 Å². The highest BCUT2D eigenvalue weighted by Gasteiger charge is 2.73. The molecule has 0 radical (unpaired) electrons. The molecule has 0 aliphatic rings. The minimum absolute atomic E-state index is 0.104. The Morgan fingerprint density at radius 2 is 1.15 bits per heavy atom. The molecule has 0 aliphatic heterocycles. The van der Waals surface area contributed by atoms with E-state index in [-0.39, 0.29) is 11.1 Å². The van der Waals surface area contributed by atoms with Crippen LogP contribution < -0.4 is 0 Å². The van der Waals surface area contributed by atoms with Gasteiger partial charge < -0.3 is 0 Å². The lowest BCUT2D eigenvalue weighted by atomic mass is 9.69. The molecule has 26 heavy (non-hydrogen) atoms. The van der Waals surface area contributed by atoms with Gasteiger partial charge in [-0.2, -0.15) is 26.3 Å². The molecule has 8 heteroatoms. The quantitative estimate of drug-likeness (QED) is 0.601. The highest BCUT2D eigenvalue weighted by Crippen LogP contribution is 2.53. The maximum Gasteiger partial charge on any atom is 0.431 e. The summed E-state index contributed by atoms with van der Waals surface area (Å²) >= 11 is 0. The molecular weight excluding hydrogens is 363 g/mol. The number of hydrogen-bond acceptors (Lipinski definition) is 1. The molecule has 0 aliphatic carbocycles. The average molecular weight is 379 g/mol. The van der Waals surface area contributed by atoms with Crippen LogP contribution >= 0.6 is 0 Å². The summed E-state index contributed by atoms with van der Waals surface area (Å²) in [6, 6.07) is 8.48. The molecule has 1 atom stereocenters. The van der Waals surface area contributed by atoms with Crippen LogP contribution in [0, 0.1) is 6.92 Å². The van der Waals surface area contributed by atoms with E-state index in [0.29, 0.717) is 0 Å². The molecule has 1 unspecified atom stereocenters. The predicted octanol–water partition coefficient (Wildman–Crippen LogP) is 5.92. The second-order valence-electron chi connectivity index (χ2n) is 6.41. The molecule has 2 rings (SSSR count). The van der Waals surface area contributed by atoms with E-state index in [1.54, 1.807) is 19.1 Å². The number of nitrogens with zero attached hydrogens (tertiary/aromatic N) is 1. The van der Waals surface area contributed by atoms with Gasteiger partial charge in [0.05, 0.1) is 0 Å². The lowest BCUT2D eigenvalue weighted by molar-refractivity contribution is -0.346. The molecule has 0 amide bonds. The maximum atomic E-state index is 14.5. The standard InChI is InChI=1S/C18H16F7N/c1-12-3-5-13(6-4-12)15(2,14-7-9-26-10-8-14)11-16(19,17(20,21)22)18(23,24)25/h3-10H,11H2,1-2H3. The van der Waals surface area contributed by atoms with E-state index in [9.17, 15) is 30.7 Å². The fraction of sp³-hybridized carbons (Fsp3) is 0.389. The number of hydrogen-bond donors (Lipinski definition) is 0. The zero-order chi connectivity index (χ0) is 19.8. The first kappa shape index (κ1) is 20.2. The topological polar surface area (TPSA) is 12.9 Å². The Balaban J connectivity index is 2.67. The third kappa shape index (κ3) is 3.54. The summed E-state index contributed by atoms with van der Waals surface area (Å²) in [7, 11) is 0. The van der Waals surface area contributed by atoms with Gasteiger partial charge >= 0.3 is 12.4 Å². The Morgan fingerprint density at radius 1 is 0.731 bits per heavy atom. The van der Waals surface area contributed by atoms with Crippen molar-refractivity contribution < 1.29 is 30.7 Å². The number of alkyl halides is 7. The van der Waals surface area contributed by atoms with Gasteiger partial charge in [0.25, 0.3) is 5.67 Å². The van der Waals surface area contributed by atoms with Gasteiger partial charge in [0, 0.05) is 24.2 Å². The molecule has 142 valence electrons. The van der Waals surface area contributed by atoms with Crippen LogP contribution in [0.15, 0.2) is 48.8 Å². The minimum Gasteiger partial charge on any atom is -0.265 e. The summed E-state index contributed by atoms with van der Waals surface area (Å²) in [5, 5.41) is 0. The zero-order valence-electron chi connectivity index (χ0n) is 13.9. The molecule has 1 nitrogen and oxygen atoms in total. The normalized spacial score (nSPS) is 15.6. The van der Waals surface area contributed by atoms with E-state index in [4.69, 9.17) is 0 Å². The first-order chi connectivity index (χ1) is 11.8. The minimum atomic E-state index is -6.11. The first-order valence-electron chi connectivity index (χ1n) is 7.61. The predicted molar refractivity (Wildman–Crippen MR) is 82.4 cm³/mol. The number of halogens is 7. The van der Waals surface area contributed by atoms with E-state index in [2.05, 4.69) is 4.98 Å². The smallest absolute Gasteiger partial charge is 0.265 e. The first-order valence-corrected chi connectivity index (χ1v) is 7.61. The Morgan fingerprint density at radius 3 is 1.58 bits per heavy atom. The zero-order valence-corrected chi connectivity index (χ0v) is 13.9. The number of aromatic nitrogens is 1. The van der Waals surface area contributed by atoms with Crippen LogP contribution in [-0.2, 0) is 5.41 Å². The van der Waals surface area contributed by atoms with Gasteiger partial charge in [0.15, 0.2) is 0 Å². The molecule has 1 aromatic heterocycles. The average Bonchev–Trinajstić information content (AvgIpc) is 2.54. The van der Waals surface area contributed by atoms with Gasteiger partial charge in [-0.05, 0) is 30.2 Å². The summed E-state index contributed by atoms with van der Waals surface area (Å²) in [6.45, 7) is 2.89. The lowest BCUT2D eigenvalue weighted by Gasteiger charge is -2.39. The SMILES string of the molecule is Cc1ccc(C(C)(CC(F)(C(F)(F)F)C(F)(F)F)c2ccncc2)cc1. The molecule has 0 fully saturated rings. The molecule has 0 spiro atoms. The number of rotatable bonds is 4.